The average Bonchev–Trinajstić information content (AvgIpc) is 2.85. The van der Waals surface area contributed by atoms with E-state index in [1.165, 1.54) is 99.1 Å². The first-order chi connectivity index (χ1) is 19.0. The van der Waals surface area contributed by atoms with Gasteiger partial charge < -0.3 is 9.31 Å². The van der Waals surface area contributed by atoms with Gasteiger partial charge in [0.25, 0.3) is 0 Å². The topological polar surface area (TPSA) is 18.5 Å². The molecular formula is C36H68B2O2P. The van der Waals surface area contributed by atoms with E-state index >= 15 is 0 Å². The molecule has 0 aliphatic heterocycles. The van der Waals surface area contributed by atoms with Crippen LogP contribution >= 0.6 is 9.24 Å². The van der Waals surface area contributed by atoms with Gasteiger partial charge in [-0.1, -0.05) is 148 Å². The van der Waals surface area contributed by atoms with Crippen molar-refractivity contribution in [2.45, 2.75) is 189 Å². The molecule has 0 saturated carbocycles. The van der Waals surface area contributed by atoms with E-state index < -0.39 is 0 Å². The number of rotatable bonds is 21. The fraction of sp³-hybridized carbons (Fsp3) is 0.833. The van der Waals surface area contributed by atoms with Gasteiger partial charge in [0.15, 0.2) is 0 Å². The molecule has 1 rings (SSSR count). The van der Waals surface area contributed by atoms with Gasteiger partial charge in [0.2, 0.25) is 0 Å². The molecule has 0 amide bonds. The minimum Gasteiger partial charge on any atom is -0.429 e. The van der Waals surface area contributed by atoms with E-state index in [9.17, 15) is 0 Å². The lowest BCUT2D eigenvalue weighted by molar-refractivity contribution is 0.000422. The third kappa shape index (κ3) is 13.5. The van der Waals surface area contributed by atoms with Crippen LogP contribution in [0.3, 0.4) is 0 Å². The summed E-state index contributed by atoms with van der Waals surface area (Å²) in [5, 5.41) is -0.0366. The second-order valence-corrected chi connectivity index (χ2v) is 16.7. The lowest BCUT2D eigenvalue weighted by Crippen LogP contribution is -2.49. The Balaban J connectivity index is 3.37. The molecule has 0 saturated heterocycles. The summed E-state index contributed by atoms with van der Waals surface area (Å²) in [4.78, 5) is 0. The van der Waals surface area contributed by atoms with E-state index in [4.69, 9.17) is 9.31 Å². The summed E-state index contributed by atoms with van der Waals surface area (Å²) in [5.41, 5.74) is 5.00. The van der Waals surface area contributed by atoms with Crippen molar-refractivity contribution >= 4 is 34.6 Å². The second kappa shape index (κ2) is 17.9. The molecule has 0 heterocycles. The Morgan fingerprint density at radius 1 is 0.659 bits per heavy atom. The van der Waals surface area contributed by atoms with Crippen molar-refractivity contribution in [2.75, 3.05) is 0 Å². The van der Waals surface area contributed by atoms with E-state index in [0.29, 0.717) is 0 Å². The molecule has 0 aliphatic rings. The van der Waals surface area contributed by atoms with E-state index in [1.807, 2.05) is 0 Å². The van der Waals surface area contributed by atoms with Gasteiger partial charge in [-0.15, -0.1) is 9.24 Å². The molecule has 1 atom stereocenters. The van der Waals surface area contributed by atoms with Crippen molar-refractivity contribution < 1.29 is 9.31 Å². The smallest absolute Gasteiger partial charge is 0.331 e. The van der Waals surface area contributed by atoms with Crippen molar-refractivity contribution in [3.05, 3.63) is 23.3 Å². The normalized spacial score (nSPS) is 13.1. The van der Waals surface area contributed by atoms with Crippen LogP contribution in [0.4, 0.5) is 0 Å². The first-order valence-corrected chi connectivity index (χ1v) is 17.7. The van der Waals surface area contributed by atoms with Crippen LogP contribution in [0.15, 0.2) is 12.1 Å². The van der Waals surface area contributed by atoms with Gasteiger partial charge >= 0.3 is 14.4 Å². The highest BCUT2D eigenvalue weighted by atomic mass is 31.0. The van der Waals surface area contributed by atoms with E-state index in [1.54, 1.807) is 0 Å². The summed E-state index contributed by atoms with van der Waals surface area (Å²) < 4.78 is 13.4. The number of benzene rings is 1. The lowest BCUT2D eigenvalue weighted by atomic mass is 9.58. The maximum Gasteiger partial charge on any atom is 0.331 e. The highest BCUT2D eigenvalue weighted by Gasteiger charge is 2.37. The first-order valence-electron chi connectivity index (χ1n) is 17.1. The molecule has 5 heteroatoms. The fourth-order valence-electron chi connectivity index (χ4n) is 4.89. The van der Waals surface area contributed by atoms with Gasteiger partial charge in [-0.05, 0) is 64.3 Å². The minimum atomic E-state index is -0.291. The Morgan fingerprint density at radius 3 is 1.59 bits per heavy atom. The average molecular weight is 586 g/mol. The SMILES string of the molecule is CCCCCCCCc1cc(B(C)OC(C)(C)C(C)(C)C)c(CCCCCCCC)cc1[B]OC(C)(C)C(C)(C)P. The van der Waals surface area contributed by atoms with Crippen LogP contribution in [0, 0.1) is 5.41 Å². The highest BCUT2D eigenvalue weighted by molar-refractivity contribution is 7.19. The predicted molar refractivity (Wildman–Crippen MR) is 191 cm³/mol. The van der Waals surface area contributed by atoms with Crippen LogP contribution < -0.4 is 10.9 Å². The van der Waals surface area contributed by atoms with Gasteiger partial charge in [-0.3, -0.25) is 0 Å². The highest BCUT2D eigenvalue weighted by Crippen LogP contribution is 2.34. The molecular weight excluding hydrogens is 517 g/mol. The zero-order valence-corrected chi connectivity index (χ0v) is 30.8. The largest absolute Gasteiger partial charge is 0.429 e. The van der Waals surface area contributed by atoms with Crippen LogP contribution in [0.1, 0.15) is 164 Å². The Bertz CT molecular complexity index is 868. The molecule has 0 N–H and O–H groups in total. The van der Waals surface area contributed by atoms with Crippen molar-refractivity contribution in [1.29, 1.82) is 0 Å². The molecule has 0 aliphatic carbocycles. The van der Waals surface area contributed by atoms with E-state index in [-0.39, 0.29) is 28.7 Å². The summed E-state index contributed by atoms with van der Waals surface area (Å²) in [6, 6.07) is 4.93. The molecule has 2 nitrogen and oxygen atoms in total. The molecule has 1 aromatic carbocycles. The van der Waals surface area contributed by atoms with E-state index in [0.717, 1.165) is 12.8 Å². The Kier molecular flexibility index (Phi) is 16.9. The minimum absolute atomic E-state index is 0.0366. The van der Waals surface area contributed by atoms with Gasteiger partial charge in [-0.25, -0.2) is 0 Å². The van der Waals surface area contributed by atoms with Crippen molar-refractivity contribution in [3.63, 3.8) is 0 Å². The van der Waals surface area contributed by atoms with Gasteiger partial charge in [0, 0.05) is 5.16 Å². The standard InChI is InChI=1S/C36H68B2O2P/c1-13-15-17-19-21-23-25-29-28-32(38(12)40-34(6,7)33(3,4)5)30(26-24-22-20-18-16-14-2)27-31(29)37-39-35(8,9)36(10,11)41/h27-28H,13-26,41H2,1-12H3. The third-order valence-electron chi connectivity index (χ3n) is 9.75. The summed E-state index contributed by atoms with van der Waals surface area (Å²) in [6.07, 6.45) is 17.9. The zero-order valence-electron chi connectivity index (χ0n) is 29.6. The number of hydrogen-bond donors (Lipinski definition) is 0. The predicted octanol–water partition coefficient (Wildman–Crippen LogP) is 9.86. The van der Waals surface area contributed by atoms with Crippen LogP contribution in [-0.2, 0) is 22.2 Å². The molecule has 1 radical (unpaired) electrons. The van der Waals surface area contributed by atoms with Gasteiger partial charge in [0.05, 0.1) is 11.2 Å². The van der Waals surface area contributed by atoms with Crippen molar-refractivity contribution in [2.24, 2.45) is 5.41 Å². The van der Waals surface area contributed by atoms with Crippen molar-refractivity contribution in [1.82, 2.24) is 0 Å². The Hall–Kier alpha value is -0.300. The lowest BCUT2D eigenvalue weighted by Gasteiger charge is -2.41. The van der Waals surface area contributed by atoms with Crippen LogP contribution in [-0.4, -0.2) is 30.8 Å². The maximum atomic E-state index is 6.87. The second-order valence-electron chi connectivity index (χ2n) is 15.3. The zero-order chi connectivity index (χ0) is 31.3. The summed E-state index contributed by atoms with van der Waals surface area (Å²) in [7, 11) is 5.04. The van der Waals surface area contributed by atoms with Gasteiger partial charge in [0.1, 0.15) is 0 Å². The Morgan fingerprint density at radius 2 is 1.12 bits per heavy atom. The van der Waals surface area contributed by atoms with Crippen LogP contribution in [0.5, 0.6) is 0 Å². The number of aryl methyl sites for hydroxylation is 2. The molecule has 1 aromatic rings. The number of hydrogen-bond acceptors (Lipinski definition) is 2. The van der Waals surface area contributed by atoms with E-state index in [2.05, 4.69) is 112 Å². The third-order valence-corrected chi connectivity index (χ3v) is 10.4. The van der Waals surface area contributed by atoms with Crippen LogP contribution in [0.2, 0.25) is 6.82 Å². The summed E-state index contributed by atoms with van der Waals surface area (Å²) in [5.74, 6) is 0. The van der Waals surface area contributed by atoms with Crippen LogP contribution in [0.25, 0.3) is 0 Å². The molecule has 0 spiro atoms. The molecule has 0 fully saturated rings. The Labute approximate surface area is 261 Å². The van der Waals surface area contributed by atoms with Gasteiger partial charge in [-0.2, -0.15) is 0 Å². The molecule has 0 aromatic heterocycles. The molecule has 0 bridgehead atoms. The molecule has 1 unspecified atom stereocenters. The summed E-state index contributed by atoms with van der Waals surface area (Å²) >= 11 is 0. The molecule has 235 valence electrons. The first kappa shape index (κ1) is 38.7. The monoisotopic (exact) mass is 586 g/mol. The quantitative estimate of drug-likeness (QED) is 0.0812. The van der Waals surface area contributed by atoms with Crippen molar-refractivity contribution in [3.8, 4) is 0 Å². The number of unbranched alkanes of at least 4 members (excludes halogenated alkanes) is 10. The molecule has 41 heavy (non-hydrogen) atoms. The maximum absolute atomic E-state index is 6.87. The fourth-order valence-corrected chi connectivity index (χ4v) is 4.95. The summed E-state index contributed by atoms with van der Waals surface area (Å²) in [6.45, 7) is 27.1.